The molecule has 1 heterocycles. The first-order valence-electron chi connectivity index (χ1n) is 7.90. The predicted octanol–water partition coefficient (Wildman–Crippen LogP) is 6.27. The Kier molecular flexibility index (Phi) is 7.69. The molecular weight excluding hydrogens is 373 g/mol. The van der Waals surface area contributed by atoms with E-state index in [1.807, 2.05) is 41.4 Å². The van der Waals surface area contributed by atoms with E-state index in [0.717, 1.165) is 21.9 Å². The van der Waals surface area contributed by atoms with Crippen LogP contribution in [-0.2, 0) is 6.42 Å². The Morgan fingerprint density at radius 3 is 2.60 bits per heavy atom. The summed E-state index contributed by atoms with van der Waals surface area (Å²) in [5, 5.41) is 9.81. The molecule has 0 bridgehead atoms. The van der Waals surface area contributed by atoms with Crippen LogP contribution in [0.4, 0.5) is 0 Å². The molecule has 0 spiro atoms. The van der Waals surface area contributed by atoms with Crippen LogP contribution in [-0.4, -0.2) is 9.78 Å². The highest BCUT2D eigenvalue weighted by Gasteiger charge is 2.14. The number of hydrogen-bond acceptors (Lipinski definition) is 3. The molecule has 0 aliphatic carbocycles. The summed E-state index contributed by atoms with van der Waals surface area (Å²) in [4.78, 5) is 1.00. The van der Waals surface area contributed by atoms with Gasteiger partial charge in [0.25, 0.3) is 0 Å². The number of halogens is 2. The number of nitrogens with zero attached hydrogens (tertiary/aromatic N) is 2. The van der Waals surface area contributed by atoms with Crippen LogP contribution in [0.2, 0.25) is 10.0 Å². The maximum absolute atomic E-state index is 6.12. The second-order valence-corrected chi connectivity index (χ2v) is 7.52. The van der Waals surface area contributed by atoms with Crippen LogP contribution in [0.1, 0.15) is 25.5 Å². The van der Waals surface area contributed by atoms with E-state index in [0.29, 0.717) is 10.0 Å². The van der Waals surface area contributed by atoms with Crippen LogP contribution in [0, 0.1) is 0 Å². The van der Waals surface area contributed by atoms with Crippen molar-refractivity contribution in [1.82, 2.24) is 15.1 Å². The third kappa shape index (κ3) is 5.99. The lowest BCUT2D eigenvalue weighted by molar-refractivity contribution is 0.491. The van der Waals surface area contributed by atoms with E-state index < -0.39 is 0 Å². The highest BCUT2D eigenvalue weighted by Crippen LogP contribution is 2.35. The van der Waals surface area contributed by atoms with Gasteiger partial charge in [0.05, 0.1) is 6.20 Å². The molecule has 0 unspecified atom stereocenters. The van der Waals surface area contributed by atoms with Gasteiger partial charge in [0.1, 0.15) is 5.03 Å². The second-order valence-electron chi connectivity index (χ2n) is 5.58. The average molecular weight is 394 g/mol. The lowest BCUT2D eigenvalue weighted by Crippen LogP contribution is -2.04. The summed E-state index contributed by atoms with van der Waals surface area (Å²) in [6.45, 7) is 7.82. The Morgan fingerprint density at radius 2 is 1.96 bits per heavy atom. The molecule has 0 aliphatic rings. The Morgan fingerprint density at radius 1 is 1.24 bits per heavy atom. The fourth-order valence-corrected chi connectivity index (χ4v) is 4.03. The fraction of sp³-hybridized carbons (Fsp3) is 0.211. The van der Waals surface area contributed by atoms with Crippen molar-refractivity contribution in [3.05, 3.63) is 77.2 Å². The topological polar surface area (TPSA) is 29.9 Å². The third-order valence-electron chi connectivity index (χ3n) is 3.26. The zero-order valence-electron chi connectivity index (χ0n) is 14.2. The predicted molar refractivity (Wildman–Crippen MR) is 109 cm³/mol. The van der Waals surface area contributed by atoms with E-state index in [2.05, 4.69) is 36.9 Å². The van der Waals surface area contributed by atoms with Crippen LogP contribution in [0.3, 0.4) is 0 Å². The summed E-state index contributed by atoms with van der Waals surface area (Å²) in [5.41, 5.74) is 1.16. The monoisotopic (exact) mass is 393 g/mol. The van der Waals surface area contributed by atoms with E-state index in [-0.39, 0.29) is 6.04 Å². The van der Waals surface area contributed by atoms with Crippen molar-refractivity contribution < 1.29 is 0 Å². The Bertz CT molecular complexity index is 759. The first kappa shape index (κ1) is 19.7. The quantitative estimate of drug-likeness (QED) is 0.536. The number of hydrogen-bond donors (Lipinski definition) is 1. The van der Waals surface area contributed by atoms with Crippen molar-refractivity contribution in [3.8, 4) is 0 Å². The molecule has 132 valence electrons. The van der Waals surface area contributed by atoms with Crippen molar-refractivity contribution in [2.75, 3.05) is 0 Å². The summed E-state index contributed by atoms with van der Waals surface area (Å²) in [6, 6.07) is 5.84. The Labute approximate surface area is 163 Å². The summed E-state index contributed by atoms with van der Waals surface area (Å²) in [5.74, 6) is 0. The summed E-state index contributed by atoms with van der Waals surface area (Å²) >= 11 is 13.9. The van der Waals surface area contributed by atoms with Gasteiger partial charge in [0.15, 0.2) is 0 Å². The number of allylic oxidation sites excluding steroid dienone is 3. The van der Waals surface area contributed by atoms with Crippen molar-refractivity contribution in [2.45, 2.75) is 36.2 Å². The molecule has 1 N–H and O–H groups in total. The molecule has 25 heavy (non-hydrogen) atoms. The highest BCUT2D eigenvalue weighted by atomic mass is 35.5. The molecule has 0 saturated heterocycles. The van der Waals surface area contributed by atoms with E-state index in [1.165, 1.54) is 0 Å². The number of nitrogens with one attached hydrogen (secondary N) is 1. The largest absolute Gasteiger partial charge is 0.368 e. The van der Waals surface area contributed by atoms with Crippen molar-refractivity contribution >= 4 is 35.0 Å². The van der Waals surface area contributed by atoms with Gasteiger partial charge in [-0.05, 0) is 50.7 Å². The second kappa shape index (κ2) is 9.76. The van der Waals surface area contributed by atoms with E-state index in [1.54, 1.807) is 24.0 Å². The molecule has 1 aromatic carbocycles. The minimum atomic E-state index is 0.270. The van der Waals surface area contributed by atoms with Gasteiger partial charge in [0, 0.05) is 32.7 Å². The Balaban J connectivity index is 2.22. The lowest BCUT2D eigenvalue weighted by Gasteiger charge is -2.12. The van der Waals surface area contributed by atoms with Gasteiger partial charge in [-0.1, -0.05) is 53.7 Å². The number of rotatable bonds is 8. The normalized spacial score (nSPS) is 11.7. The first-order chi connectivity index (χ1) is 12.0. The fourth-order valence-electron chi connectivity index (χ4n) is 2.16. The zero-order chi connectivity index (χ0) is 18.2. The lowest BCUT2D eigenvalue weighted by atomic mass is 10.2. The average Bonchev–Trinajstić information content (AvgIpc) is 2.92. The maximum atomic E-state index is 6.12. The van der Waals surface area contributed by atoms with Gasteiger partial charge in [-0.3, -0.25) is 4.68 Å². The number of benzene rings is 1. The third-order valence-corrected chi connectivity index (χ3v) is 4.81. The standard InChI is InChI=1S/C19H21Cl2N3S/c1-4-22-9-7-5-6-8-15-13-23-24(14(2)3)19(15)25-18-11-16(20)10-17(21)12-18/h4-7,9-14,22H,1,8H2,2-3H3/b6-5-,9-7-. The molecule has 1 aromatic heterocycles. The highest BCUT2D eigenvalue weighted by molar-refractivity contribution is 7.99. The maximum Gasteiger partial charge on any atom is 0.103 e. The van der Waals surface area contributed by atoms with Crippen LogP contribution >= 0.6 is 35.0 Å². The van der Waals surface area contributed by atoms with Gasteiger partial charge >= 0.3 is 0 Å². The molecule has 3 nitrogen and oxygen atoms in total. The zero-order valence-corrected chi connectivity index (χ0v) is 16.6. The van der Waals surface area contributed by atoms with Gasteiger partial charge in [-0.2, -0.15) is 5.10 Å². The van der Waals surface area contributed by atoms with Crippen molar-refractivity contribution in [3.63, 3.8) is 0 Å². The van der Waals surface area contributed by atoms with Crippen molar-refractivity contribution in [2.24, 2.45) is 0 Å². The molecule has 0 atom stereocenters. The molecule has 0 radical (unpaired) electrons. The molecule has 2 aromatic rings. The smallest absolute Gasteiger partial charge is 0.103 e. The van der Waals surface area contributed by atoms with Crippen LogP contribution in [0.15, 0.2) is 71.5 Å². The van der Waals surface area contributed by atoms with Crippen LogP contribution in [0.25, 0.3) is 0 Å². The molecule has 2 rings (SSSR count). The van der Waals surface area contributed by atoms with Crippen LogP contribution < -0.4 is 5.32 Å². The minimum absolute atomic E-state index is 0.270. The van der Waals surface area contributed by atoms with Gasteiger partial charge in [-0.25, -0.2) is 0 Å². The molecule has 0 saturated carbocycles. The Hall–Kier alpha value is -1.62. The summed E-state index contributed by atoms with van der Waals surface area (Å²) in [6.07, 6.45) is 12.2. The van der Waals surface area contributed by atoms with E-state index >= 15 is 0 Å². The SMILES string of the molecule is C=CN/C=C\C=C/Cc1cnn(C(C)C)c1Sc1cc(Cl)cc(Cl)c1. The summed E-state index contributed by atoms with van der Waals surface area (Å²) in [7, 11) is 0. The summed E-state index contributed by atoms with van der Waals surface area (Å²) < 4.78 is 2.03. The van der Waals surface area contributed by atoms with Gasteiger partial charge in [0.2, 0.25) is 0 Å². The van der Waals surface area contributed by atoms with Crippen molar-refractivity contribution in [1.29, 1.82) is 0 Å². The molecule has 0 amide bonds. The minimum Gasteiger partial charge on any atom is -0.368 e. The molecular formula is C19H21Cl2N3S. The van der Waals surface area contributed by atoms with E-state index in [9.17, 15) is 0 Å². The van der Waals surface area contributed by atoms with Gasteiger partial charge < -0.3 is 5.32 Å². The number of aromatic nitrogens is 2. The van der Waals surface area contributed by atoms with E-state index in [4.69, 9.17) is 23.2 Å². The molecule has 0 fully saturated rings. The van der Waals surface area contributed by atoms with Gasteiger partial charge in [-0.15, -0.1) is 0 Å². The molecule has 6 heteroatoms. The first-order valence-corrected chi connectivity index (χ1v) is 9.47. The molecule has 0 aliphatic heterocycles. The van der Waals surface area contributed by atoms with Crippen LogP contribution in [0.5, 0.6) is 0 Å².